The highest BCUT2D eigenvalue weighted by Gasteiger charge is 2.42. The number of ether oxygens (including phenoxy) is 1. The van der Waals surface area contributed by atoms with Gasteiger partial charge in [-0.05, 0) is 56.6 Å². The average Bonchev–Trinajstić information content (AvgIpc) is 3.75. The van der Waals surface area contributed by atoms with Crippen LogP contribution >= 0.6 is 23.2 Å². The van der Waals surface area contributed by atoms with Gasteiger partial charge in [0.1, 0.15) is 0 Å². The van der Waals surface area contributed by atoms with Crippen LogP contribution in [0.1, 0.15) is 101 Å². The summed E-state index contributed by atoms with van der Waals surface area (Å²) in [6.07, 6.45) is 7.43. The highest BCUT2D eigenvalue weighted by Crippen LogP contribution is 2.42. The molecule has 2 aromatic carbocycles. The van der Waals surface area contributed by atoms with Gasteiger partial charge in [-0.15, -0.1) is 0 Å². The molecule has 0 atom stereocenters. The molecule has 2 N–H and O–H groups in total. The van der Waals surface area contributed by atoms with E-state index < -0.39 is 11.4 Å². The summed E-state index contributed by atoms with van der Waals surface area (Å²) < 4.78 is 9.38. The van der Waals surface area contributed by atoms with Gasteiger partial charge in [-0.1, -0.05) is 60.5 Å². The van der Waals surface area contributed by atoms with Gasteiger partial charge in [0.15, 0.2) is 11.6 Å². The fourth-order valence-corrected chi connectivity index (χ4v) is 10.2. The molecule has 14 heteroatoms. The molecule has 302 valence electrons. The van der Waals surface area contributed by atoms with Gasteiger partial charge in [0, 0.05) is 107 Å². The molecule has 4 aliphatic rings. The molecule has 1 amide bonds. The minimum atomic E-state index is -0.684. The van der Waals surface area contributed by atoms with Crippen molar-refractivity contribution in [3.63, 3.8) is 0 Å². The number of anilines is 1. The van der Waals surface area contributed by atoms with Crippen LogP contribution in [0.3, 0.4) is 0 Å². The van der Waals surface area contributed by atoms with Gasteiger partial charge >= 0.3 is 5.97 Å². The third kappa shape index (κ3) is 7.55. The lowest BCUT2D eigenvalue weighted by molar-refractivity contribution is -0.152. The number of imidazole rings is 2. The number of carbonyl (C=O) groups excluding carboxylic acids is 2. The molecule has 8 rings (SSSR count). The second kappa shape index (κ2) is 16.3. The number of carboxylic acid groups (broad SMARTS) is 1. The number of carboxylic acids is 1. The molecular weight excluding hydrogens is 765 g/mol. The number of fused-ring (bicyclic) bond motifs is 2. The number of carbonyl (C=O) groups is 3. The number of rotatable bonds is 10. The van der Waals surface area contributed by atoms with Gasteiger partial charge in [-0.3, -0.25) is 24.2 Å². The van der Waals surface area contributed by atoms with Gasteiger partial charge in [0.2, 0.25) is 5.78 Å². The lowest BCUT2D eigenvalue weighted by atomic mass is 9.70. The van der Waals surface area contributed by atoms with E-state index in [9.17, 15) is 19.5 Å². The largest absolute Gasteiger partial charge is 0.481 e. The molecule has 4 aromatic rings. The highest BCUT2D eigenvalue weighted by atomic mass is 35.5. The molecular formula is C43H51Cl2N7O5. The van der Waals surface area contributed by atoms with Crippen LogP contribution < -0.4 is 5.32 Å². The standard InChI is InChI=1S/C43H51Cl2N7O5/c1-4-43(42(55)56)17-11-27(12-18-43)51-19-14-35-33(25-51)47-40(50(35)3)41(54)48-31-10-6-9-30(38(31)45)29-8-5-7-26(37(29)44)23-36(53)39-46-32-24-52(20-13-34(32)49(39)2)28-15-21-57-22-16-28/h5-10,27-28H,4,11-25H2,1-3H3,(H,48,54)(H,55,56). The van der Waals surface area contributed by atoms with E-state index in [-0.39, 0.29) is 18.1 Å². The molecule has 3 aliphatic heterocycles. The second-order valence-electron chi connectivity index (χ2n) is 16.2. The number of nitrogens with zero attached hydrogens (tertiary/aromatic N) is 6. The first-order valence-corrected chi connectivity index (χ1v) is 21.0. The van der Waals surface area contributed by atoms with Crippen molar-refractivity contribution in [1.82, 2.24) is 28.9 Å². The number of Topliss-reactive ketones (excluding diaryl/α,β-unsaturated/α-hetero) is 1. The van der Waals surface area contributed by atoms with Crippen LogP contribution in [0.25, 0.3) is 11.1 Å². The number of aromatic nitrogens is 4. The van der Waals surface area contributed by atoms with Crippen molar-refractivity contribution in [2.45, 2.75) is 96.3 Å². The van der Waals surface area contributed by atoms with Crippen molar-refractivity contribution in [1.29, 1.82) is 0 Å². The third-order valence-corrected chi connectivity index (χ3v) is 14.1. The van der Waals surface area contributed by atoms with Crippen molar-refractivity contribution in [2.24, 2.45) is 19.5 Å². The normalized spacial score (nSPS) is 21.9. The Labute approximate surface area is 343 Å². The minimum absolute atomic E-state index is 0.0813. The van der Waals surface area contributed by atoms with E-state index in [0.717, 1.165) is 94.1 Å². The lowest BCUT2D eigenvalue weighted by Crippen LogP contribution is -2.45. The first-order chi connectivity index (χ1) is 27.5. The summed E-state index contributed by atoms with van der Waals surface area (Å²) in [4.78, 5) is 54.1. The van der Waals surface area contributed by atoms with Gasteiger partial charge < -0.3 is 24.3 Å². The fraction of sp³-hybridized carbons (Fsp3) is 0.512. The zero-order valence-electron chi connectivity index (χ0n) is 33.0. The Hall–Kier alpha value is -4.07. The number of aliphatic carboxylic acids is 1. The molecule has 57 heavy (non-hydrogen) atoms. The number of halogens is 2. The Bertz CT molecular complexity index is 2200. The van der Waals surface area contributed by atoms with Crippen molar-refractivity contribution in [3.8, 4) is 11.1 Å². The molecule has 1 saturated carbocycles. The van der Waals surface area contributed by atoms with E-state index in [0.29, 0.717) is 82.0 Å². The summed E-state index contributed by atoms with van der Waals surface area (Å²) in [5, 5.41) is 13.6. The second-order valence-corrected chi connectivity index (χ2v) is 17.0. The van der Waals surface area contributed by atoms with Gasteiger partial charge in [0.05, 0.1) is 32.5 Å². The van der Waals surface area contributed by atoms with E-state index >= 15 is 0 Å². The summed E-state index contributed by atoms with van der Waals surface area (Å²) in [7, 11) is 3.79. The number of nitrogens with one attached hydrogen (secondary N) is 1. The SMILES string of the molecule is CCC1(C(=O)O)CCC(N2CCc3c(nc(C(=O)Nc4cccc(-c5cccc(CC(=O)c6nc7c(n6C)CCN(C6CCOCC6)C7)c5Cl)c4Cl)n3C)C2)CC1. The maximum absolute atomic E-state index is 13.8. The van der Waals surface area contributed by atoms with Gasteiger partial charge in [-0.2, -0.15) is 0 Å². The van der Waals surface area contributed by atoms with E-state index in [1.807, 2.05) is 60.5 Å². The summed E-state index contributed by atoms with van der Waals surface area (Å²) in [6.45, 7) is 6.69. The number of hydrogen-bond acceptors (Lipinski definition) is 8. The molecule has 1 saturated heterocycles. The molecule has 2 aromatic heterocycles. The summed E-state index contributed by atoms with van der Waals surface area (Å²) in [5.41, 5.74) is 5.75. The predicted octanol–water partition coefficient (Wildman–Crippen LogP) is 7.12. The summed E-state index contributed by atoms with van der Waals surface area (Å²) in [5.74, 6) is -0.422. The Morgan fingerprint density at radius 1 is 0.825 bits per heavy atom. The predicted molar refractivity (Wildman–Crippen MR) is 219 cm³/mol. The topological polar surface area (TPSA) is 135 Å². The third-order valence-electron chi connectivity index (χ3n) is 13.3. The molecule has 0 radical (unpaired) electrons. The van der Waals surface area contributed by atoms with Crippen molar-refractivity contribution in [3.05, 3.63) is 86.4 Å². The van der Waals surface area contributed by atoms with E-state index in [4.69, 9.17) is 37.9 Å². The first-order valence-electron chi connectivity index (χ1n) is 20.3. The number of hydrogen-bond donors (Lipinski definition) is 2. The molecule has 12 nitrogen and oxygen atoms in total. The summed E-state index contributed by atoms with van der Waals surface area (Å²) in [6, 6.07) is 11.8. The molecule has 0 bridgehead atoms. The highest BCUT2D eigenvalue weighted by molar-refractivity contribution is 6.39. The maximum Gasteiger partial charge on any atom is 0.309 e. The molecule has 0 unspecified atom stereocenters. The van der Waals surface area contributed by atoms with Crippen LogP contribution in [0.15, 0.2) is 36.4 Å². The van der Waals surface area contributed by atoms with Crippen LogP contribution in [0.5, 0.6) is 0 Å². The van der Waals surface area contributed by atoms with Crippen LogP contribution in [-0.2, 0) is 56.0 Å². The number of benzene rings is 2. The monoisotopic (exact) mass is 815 g/mol. The first kappa shape index (κ1) is 39.7. The quantitative estimate of drug-likeness (QED) is 0.161. The number of ketones is 1. The van der Waals surface area contributed by atoms with E-state index in [1.54, 1.807) is 6.07 Å². The Balaban J connectivity index is 0.948. The zero-order chi connectivity index (χ0) is 40.0. The van der Waals surface area contributed by atoms with Crippen LogP contribution in [0.2, 0.25) is 10.0 Å². The fourth-order valence-electron chi connectivity index (χ4n) is 9.65. The summed E-state index contributed by atoms with van der Waals surface area (Å²) >= 11 is 14.1. The average molecular weight is 817 g/mol. The smallest absolute Gasteiger partial charge is 0.309 e. The van der Waals surface area contributed by atoms with Crippen LogP contribution in [-0.4, -0.2) is 90.1 Å². The Morgan fingerprint density at radius 2 is 1.39 bits per heavy atom. The van der Waals surface area contributed by atoms with Crippen molar-refractivity contribution >= 4 is 46.5 Å². The zero-order valence-corrected chi connectivity index (χ0v) is 34.5. The number of amides is 1. The molecule has 2 fully saturated rings. The van der Waals surface area contributed by atoms with Crippen LogP contribution in [0, 0.1) is 5.41 Å². The Morgan fingerprint density at radius 3 is 2.00 bits per heavy atom. The van der Waals surface area contributed by atoms with Crippen molar-refractivity contribution < 1.29 is 24.2 Å². The lowest BCUT2D eigenvalue weighted by Gasteiger charge is -2.42. The molecule has 5 heterocycles. The minimum Gasteiger partial charge on any atom is -0.481 e. The van der Waals surface area contributed by atoms with E-state index in [1.165, 1.54) is 0 Å². The Kier molecular flexibility index (Phi) is 11.4. The maximum atomic E-state index is 13.8. The van der Waals surface area contributed by atoms with Gasteiger partial charge in [-0.25, -0.2) is 9.97 Å². The van der Waals surface area contributed by atoms with Crippen LogP contribution in [0.4, 0.5) is 5.69 Å². The molecule has 0 spiro atoms. The molecule has 1 aliphatic carbocycles. The van der Waals surface area contributed by atoms with E-state index in [2.05, 4.69) is 15.1 Å². The van der Waals surface area contributed by atoms with Gasteiger partial charge in [0.25, 0.3) is 5.91 Å². The van der Waals surface area contributed by atoms with Crippen molar-refractivity contribution in [2.75, 3.05) is 31.6 Å².